The van der Waals surface area contributed by atoms with E-state index in [1.165, 1.54) is 0 Å². The van der Waals surface area contributed by atoms with Crippen molar-refractivity contribution in [2.45, 2.75) is 50.8 Å². The number of anilines is 3. The number of β-lactam (4-membered cyclic amide) rings is 2. The number of rotatable bonds is 12. The molecule has 2 N–H and O–H groups in total. The molecule has 246 valence electrons. The Hall–Kier alpha value is -5.13. The fraction of sp³-hybridized carbons (Fsp3) is 0.324. The van der Waals surface area contributed by atoms with Crippen molar-refractivity contribution in [3.05, 3.63) is 114 Å². The predicted octanol–water partition coefficient (Wildman–Crippen LogP) is 3.89. The maximum absolute atomic E-state index is 14.2. The van der Waals surface area contributed by atoms with Gasteiger partial charge in [0, 0.05) is 61.5 Å². The van der Waals surface area contributed by atoms with Crippen LogP contribution < -0.4 is 14.7 Å². The van der Waals surface area contributed by atoms with Crippen LogP contribution in [-0.4, -0.2) is 62.6 Å². The zero-order chi connectivity index (χ0) is 33.4. The fourth-order valence-corrected chi connectivity index (χ4v) is 6.73. The SMILES string of the molecule is C[C@H](/C=C/CCn1cc(C(CO)c2ccccc2)nn1)[C@@]1(O)C(=O)N(Cc2cccc(N3CCC3=O)c2)c2ccc(N3CCC3=O)cc21. The van der Waals surface area contributed by atoms with Gasteiger partial charge in [-0.1, -0.05) is 66.8 Å². The molecule has 11 nitrogen and oxygen atoms in total. The molecule has 0 radical (unpaired) electrons. The van der Waals surface area contributed by atoms with Crippen molar-refractivity contribution >= 4 is 34.8 Å². The first-order valence-electron chi connectivity index (χ1n) is 16.4. The molecule has 7 rings (SSSR count). The standard InChI is InChI=1S/C37H38N6O5/c1-25(8-5-6-17-40-23-32(38-39-40)30(24-44)27-10-3-2-4-11-27)37(48)31-21-29(42-19-16-35(42)46)13-14-33(31)43(36(37)47)22-26-9-7-12-28(20-26)41-18-15-34(41)45/h2-5,7-14,20-21,23,25,30,44,48H,6,15-19,22,24H2,1H3/b8-5+/t25-,30?,37+/m1/s1. The molecule has 3 amide bonds. The Morgan fingerprint density at radius 3 is 2.31 bits per heavy atom. The van der Waals surface area contributed by atoms with Crippen molar-refractivity contribution in [1.82, 2.24) is 15.0 Å². The lowest BCUT2D eigenvalue weighted by atomic mass is 9.82. The second-order valence-corrected chi connectivity index (χ2v) is 12.7. The Balaban J connectivity index is 1.10. The van der Waals surface area contributed by atoms with Gasteiger partial charge in [-0.3, -0.25) is 19.1 Å². The number of carbonyl (C=O) groups is 3. The summed E-state index contributed by atoms with van der Waals surface area (Å²) in [5.74, 6) is -1.22. The molecule has 2 fully saturated rings. The molecule has 0 spiro atoms. The highest BCUT2D eigenvalue weighted by atomic mass is 16.3. The van der Waals surface area contributed by atoms with Gasteiger partial charge in [0.05, 0.1) is 30.5 Å². The number of allylic oxidation sites excluding steroid dienone is 1. The Kier molecular flexibility index (Phi) is 8.40. The predicted molar refractivity (Wildman–Crippen MR) is 180 cm³/mol. The van der Waals surface area contributed by atoms with Gasteiger partial charge in [-0.15, -0.1) is 5.10 Å². The third kappa shape index (κ3) is 5.58. The van der Waals surface area contributed by atoms with Crippen LogP contribution in [0, 0.1) is 5.92 Å². The molecule has 0 saturated carbocycles. The maximum Gasteiger partial charge on any atom is 0.264 e. The summed E-state index contributed by atoms with van der Waals surface area (Å²) in [5, 5.41) is 30.8. The maximum atomic E-state index is 14.2. The van der Waals surface area contributed by atoms with E-state index in [9.17, 15) is 24.6 Å². The van der Waals surface area contributed by atoms with Gasteiger partial charge in [0.25, 0.3) is 5.91 Å². The highest BCUT2D eigenvalue weighted by Crippen LogP contribution is 2.47. The van der Waals surface area contributed by atoms with Crippen LogP contribution in [-0.2, 0) is 33.1 Å². The molecule has 11 heteroatoms. The molecule has 3 aliphatic heterocycles. The van der Waals surface area contributed by atoms with E-state index >= 15 is 0 Å². The molecule has 3 aliphatic rings. The minimum absolute atomic E-state index is 0.00955. The van der Waals surface area contributed by atoms with Crippen molar-refractivity contribution < 1.29 is 24.6 Å². The summed E-state index contributed by atoms with van der Waals surface area (Å²) >= 11 is 0. The molecule has 4 aromatic rings. The van der Waals surface area contributed by atoms with Gasteiger partial charge in [0.15, 0.2) is 5.60 Å². The van der Waals surface area contributed by atoms with Gasteiger partial charge in [-0.05, 0) is 47.9 Å². The van der Waals surface area contributed by atoms with Gasteiger partial charge < -0.3 is 24.9 Å². The van der Waals surface area contributed by atoms with Gasteiger partial charge in [-0.2, -0.15) is 0 Å². The van der Waals surface area contributed by atoms with E-state index < -0.39 is 17.4 Å². The molecule has 1 unspecified atom stereocenters. The highest BCUT2D eigenvalue weighted by molar-refractivity contribution is 6.08. The van der Waals surface area contributed by atoms with Crippen molar-refractivity contribution in [2.24, 2.45) is 5.92 Å². The van der Waals surface area contributed by atoms with E-state index in [0.29, 0.717) is 61.5 Å². The van der Waals surface area contributed by atoms with E-state index in [2.05, 4.69) is 10.3 Å². The molecular weight excluding hydrogens is 608 g/mol. The fourth-order valence-electron chi connectivity index (χ4n) is 6.73. The Morgan fingerprint density at radius 1 is 0.917 bits per heavy atom. The summed E-state index contributed by atoms with van der Waals surface area (Å²) < 4.78 is 1.72. The lowest BCUT2D eigenvalue weighted by Gasteiger charge is -2.32. The Bertz CT molecular complexity index is 1890. The number of benzene rings is 3. The highest BCUT2D eigenvalue weighted by Gasteiger charge is 2.53. The lowest BCUT2D eigenvalue weighted by molar-refractivity contribution is -0.139. The number of aromatic nitrogens is 3. The zero-order valence-corrected chi connectivity index (χ0v) is 26.8. The molecular formula is C37H38N6O5. The summed E-state index contributed by atoms with van der Waals surface area (Å²) in [5.41, 5.74) is 3.14. The number of aliphatic hydroxyl groups excluding tert-OH is 1. The number of carbonyl (C=O) groups excluding carboxylic acids is 3. The van der Waals surface area contributed by atoms with Gasteiger partial charge in [0.2, 0.25) is 11.8 Å². The number of hydrogen-bond acceptors (Lipinski definition) is 7. The van der Waals surface area contributed by atoms with E-state index in [4.69, 9.17) is 0 Å². The zero-order valence-electron chi connectivity index (χ0n) is 26.8. The number of hydrogen-bond donors (Lipinski definition) is 2. The third-order valence-electron chi connectivity index (χ3n) is 9.73. The average Bonchev–Trinajstić information content (AvgIpc) is 3.63. The van der Waals surface area contributed by atoms with Gasteiger partial charge >= 0.3 is 0 Å². The monoisotopic (exact) mass is 646 g/mol. The number of aliphatic hydroxyl groups is 2. The summed E-state index contributed by atoms with van der Waals surface area (Å²) in [6.07, 6.45) is 7.19. The van der Waals surface area contributed by atoms with Crippen LogP contribution in [0.1, 0.15) is 54.5 Å². The van der Waals surface area contributed by atoms with Crippen LogP contribution >= 0.6 is 0 Å². The summed E-state index contributed by atoms with van der Waals surface area (Å²) in [6, 6.07) is 22.7. The van der Waals surface area contributed by atoms with Crippen LogP contribution in [0.5, 0.6) is 0 Å². The first-order chi connectivity index (χ1) is 23.3. The van der Waals surface area contributed by atoms with Crippen molar-refractivity contribution in [3.8, 4) is 0 Å². The lowest BCUT2D eigenvalue weighted by Crippen LogP contribution is -2.45. The second kappa shape index (κ2) is 12.8. The molecule has 2 saturated heterocycles. The van der Waals surface area contributed by atoms with Gasteiger partial charge in [0.1, 0.15) is 0 Å². The second-order valence-electron chi connectivity index (χ2n) is 12.7. The van der Waals surface area contributed by atoms with E-state index in [1.807, 2.05) is 92.0 Å². The van der Waals surface area contributed by atoms with Crippen molar-refractivity contribution in [2.75, 3.05) is 34.4 Å². The number of aryl methyl sites for hydroxylation is 1. The Morgan fingerprint density at radius 2 is 1.65 bits per heavy atom. The average molecular weight is 647 g/mol. The molecule has 3 aromatic carbocycles. The summed E-state index contributed by atoms with van der Waals surface area (Å²) in [6.45, 7) is 3.75. The first-order valence-corrected chi connectivity index (χ1v) is 16.4. The number of nitrogens with zero attached hydrogens (tertiary/aromatic N) is 6. The van der Waals surface area contributed by atoms with Crippen LogP contribution in [0.25, 0.3) is 0 Å². The van der Waals surface area contributed by atoms with Crippen LogP contribution in [0.2, 0.25) is 0 Å². The van der Waals surface area contributed by atoms with E-state index in [1.54, 1.807) is 25.4 Å². The molecule has 48 heavy (non-hydrogen) atoms. The van der Waals surface area contributed by atoms with E-state index in [0.717, 1.165) is 16.8 Å². The van der Waals surface area contributed by atoms with Crippen molar-refractivity contribution in [1.29, 1.82) is 0 Å². The summed E-state index contributed by atoms with van der Waals surface area (Å²) in [7, 11) is 0. The van der Waals surface area contributed by atoms with Crippen LogP contribution in [0.3, 0.4) is 0 Å². The molecule has 4 heterocycles. The largest absolute Gasteiger partial charge is 0.395 e. The third-order valence-corrected chi connectivity index (χ3v) is 9.73. The summed E-state index contributed by atoms with van der Waals surface area (Å²) in [4.78, 5) is 43.5. The Labute approximate surface area is 278 Å². The first kappa shape index (κ1) is 31.5. The quantitative estimate of drug-likeness (QED) is 0.176. The van der Waals surface area contributed by atoms with E-state index in [-0.39, 0.29) is 30.9 Å². The molecule has 0 bridgehead atoms. The molecule has 1 aromatic heterocycles. The normalized spacial score (nSPS) is 20.2. The van der Waals surface area contributed by atoms with Crippen molar-refractivity contribution in [3.63, 3.8) is 0 Å². The van der Waals surface area contributed by atoms with Crippen LogP contribution in [0.15, 0.2) is 91.1 Å². The number of fused-ring (bicyclic) bond motifs is 1. The molecule has 3 atom stereocenters. The van der Waals surface area contributed by atoms with Crippen LogP contribution in [0.4, 0.5) is 17.1 Å². The topological polar surface area (TPSA) is 132 Å². The van der Waals surface area contributed by atoms with Gasteiger partial charge in [-0.25, -0.2) is 0 Å². The minimum Gasteiger partial charge on any atom is -0.395 e. The smallest absolute Gasteiger partial charge is 0.264 e. The minimum atomic E-state index is -1.86. The number of amides is 3. The molecule has 0 aliphatic carbocycles.